The molecule has 0 spiro atoms. The van der Waals surface area contributed by atoms with E-state index in [9.17, 15) is 4.39 Å². The molecule has 0 N–H and O–H groups in total. The predicted molar refractivity (Wildman–Crippen MR) is 80.1 cm³/mol. The van der Waals surface area contributed by atoms with E-state index in [0.717, 1.165) is 12.5 Å². The van der Waals surface area contributed by atoms with Gasteiger partial charge in [0, 0.05) is 37.3 Å². The normalized spacial score (nSPS) is 36.4. The van der Waals surface area contributed by atoms with Gasteiger partial charge in [-0.25, -0.2) is 4.39 Å². The average Bonchev–Trinajstić information content (AvgIpc) is 2.85. The first-order chi connectivity index (χ1) is 9.71. The van der Waals surface area contributed by atoms with E-state index >= 15 is 0 Å². The Morgan fingerprint density at radius 1 is 1.25 bits per heavy atom. The monoisotopic (exact) mass is 274 g/mol. The van der Waals surface area contributed by atoms with Crippen LogP contribution in [0.4, 0.5) is 10.1 Å². The van der Waals surface area contributed by atoms with Crippen molar-refractivity contribution in [3.63, 3.8) is 0 Å². The maximum absolute atomic E-state index is 13.3. The summed E-state index contributed by atoms with van der Waals surface area (Å²) in [6, 6.07) is 8.98. The molecule has 3 fully saturated rings. The van der Waals surface area contributed by atoms with Crippen LogP contribution in [0.5, 0.6) is 0 Å². The third-order valence-electron chi connectivity index (χ3n) is 5.60. The highest BCUT2D eigenvalue weighted by atomic mass is 19.1. The van der Waals surface area contributed by atoms with Gasteiger partial charge in [0.05, 0.1) is 0 Å². The van der Waals surface area contributed by atoms with Crippen LogP contribution in [-0.2, 0) is 5.41 Å². The molecule has 2 nitrogen and oxygen atoms in total. The Bertz CT molecular complexity index is 500. The summed E-state index contributed by atoms with van der Waals surface area (Å²) in [5.74, 6) is 0.871. The Balaban J connectivity index is 1.51. The number of rotatable bonds is 3. The summed E-state index contributed by atoms with van der Waals surface area (Å²) in [6.45, 7) is 7.34. The largest absolute Gasteiger partial charge is 0.369 e. The number of fused-ring (bicyclic) bond motifs is 1. The summed E-state index contributed by atoms with van der Waals surface area (Å²) in [4.78, 5) is 4.74. The molecular weight excluding hydrogens is 251 g/mol. The second-order valence-electron chi connectivity index (χ2n) is 6.76. The molecule has 1 unspecified atom stereocenters. The van der Waals surface area contributed by atoms with Crippen molar-refractivity contribution in [3.05, 3.63) is 29.8 Å². The third kappa shape index (κ3) is 1.86. The number of anilines is 1. The smallest absolute Gasteiger partial charge is 0.119 e. The van der Waals surface area contributed by atoms with Gasteiger partial charge in [-0.3, -0.25) is 0 Å². The van der Waals surface area contributed by atoms with Crippen LogP contribution in [0.25, 0.3) is 0 Å². The van der Waals surface area contributed by atoms with E-state index in [4.69, 9.17) is 0 Å². The van der Waals surface area contributed by atoms with Gasteiger partial charge in [0.25, 0.3) is 0 Å². The van der Waals surface area contributed by atoms with Crippen molar-refractivity contribution < 1.29 is 4.39 Å². The lowest BCUT2D eigenvalue weighted by molar-refractivity contribution is 0.314. The molecule has 2 heterocycles. The number of hydrogen-bond donors (Lipinski definition) is 0. The fraction of sp³-hybridized carbons (Fsp3) is 0.647. The van der Waals surface area contributed by atoms with Gasteiger partial charge in [-0.1, -0.05) is 19.1 Å². The molecule has 1 saturated carbocycles. The maximum Gasteiger partial charge on any atom is 0.119 e. The molecule has 20 heavy (non-hydrogen) atoms. The molecule has 0 amide bonds. The molecule has 2 aliphatic heterocycles. The number of likely N-dealkylation sites (N-methyl/N-ethyl adjacent to an activating group) is 1. The number of alkyl halides is 1. The van der Waals surface area contributed by atoms with E-state index in [-0.39, 0.29) is 0 Å². The van der Waals surface area contributed by atoms with Crippen LogP contribution in [0.15, 0.2) is 24.3 Å². The van der Waals surface area contributed by atoms with Crippen molar-refractivity contribution in [2.45, 2.75) is 31.4 Å². The molecule has 3 aliphatic rings. The second kappa shape index (κ2) is 4.45. The Morgan fingerprint density at radius 2 is 2.05 bits per heavy atom. The van der Waals surface area contributed by atoms with Crippen LogP contribution in [0.2, 0.25) is 0 Å². The Labute approximate surface area is 120 Å². The first kappa shape index (κ1) is 12.6. The van der Waals surface area contributed by atoms with E-state index in [0.29, 0.717) is 18.4 Å². The average molecular weight is 274 g/mol. The molecular formula is C17H23FN2. The molecule has 0 radical (unpaired) electrons. The van der Waals surface area contributed by atoms with E-state index < -0.39 is 6.17 Å². The third-order valence-corrected chi connectivity index (χ3v) is 5.60. The first-order valence-corrected chi connectivity index (χ1v) is 7.93. The standard InChI is InChI=1S/C17H23FN2/c1-2-19-10-14-9-17(14,12-19)13-3-5-16(6-4-13)20-8-7-15(18)11-20/h3-6,14-15H,2,7-12H2,1H3/t14-,15?,17+/m0/s1. The fourth-order valence-corrected chi connectivity index (χ4v) is 4.23. The lowest BCUT2D eigenvalue weighted by Crippen LogP contribution is -2.26. The Hall–Kier alpha value is -1.09. The molecule has 108 valence electrons. The maximum atomic E-state index is 13.3. The quantitative estimate of drug-likeness (QED) is 0.836. The van der Waals surface area contributed by atoms with Crippen LogP contribution >= 0.6 is 0 Å². The lowest BCUT2D eigenvalue weighted by atomic mass is 9.95. The van der Waals surface area contributed by atoms with Crippen LogP contribution in [-0.4, -0.2) is 43.8 Å². The van der Waals surface area contributed by atoms with Crippen LogP contribution in [0, 0.1) is 5.92 Å². The minimum Gasteiger partial charge on any atom is -0.369 e. The minimum absolute atomic E-state index is 0.447. The number of halogens is 1. The summed E-state index contributed by atoms with van der Waals surface area (Å²) in [7, 11) is 0. The summed E-state index contributed by atoms with van der Waals surface area (Å²) < 4.78 is 13.3. The highest BCUT2D eigenvalue weighted by Crippen LogP contribution is 2.59. The van der Waals surface area contributed by atoms with Crippen molar-refractivity contribution in [1.82, 2.24) is 4.90 Å². The second-order valence-corrected chi connectivity index (χ2v) is 6.76. The van der Waals surface area contributed by atoms with Gasteiger partial charge in [-0.05, 0) is 43.0 Å². The van der Waals surface area contributed by atoms with E-state index in [1.54, 1.807) is 0 Å². The van der Waals surface area contributed by atoms with Crippen molar-refractivity contribution >= 4 is 5.69 Å². The van der Waals surface area contributed by atoms with E-state index in [1.807, 2.05) is 0 Å². The topological polar surface area (TPSA) is 6.48 Å². The molecule has 2 saturated heterocycles. The molecule has 3 atom stereocenters. The SMILES string of the molecule is CCN1C[C@@H]2C[C@]2(c2ccc(N3CCC(F)C3)cc2)C1. The summed E-state index contributed by atoms with van der Waals surface area (Å²) in [6.07, 6.45) is 1.40. The summed E-state index contributed by atoms with van der Waals surface area (Å²) in [5.41, 5.74) is 3.13. The van der Waals surface area contributed by atoms with Gasteiger partial charge in [-0.15, -0.1) is 0 Å². The highest BCUT2D eigenvalue weighted by Gasteiger charge is 2.60. The molecule has 1 aromatic rings. The molecule has 0 aromatic heterocycles. The van der Waals surface area contributed by atoms with Crippen molar-refractivity contribution in [3.8, 4) is 0 Å². The fourth-order valence-electron chi connectivity index (χ4n) is 4.23. The molecule has 4 rings (SSSR count). The zero-order valence-electron chi connectivity index (χ0n) is 12.2. The van der Waals surface area contributed by atoms with E-state index in [1.165, 1.54) is 37.3 Å². The van der Waals surface area contributed by atoms with Gasteiger partial charge in [0.2, 0.25) is 0 Å². The molecule has 1 aromatic carbocycles. The first-order valence-electron chi connectivity index (χ1n) is 7.93. The van der Waals surface area contributed by atoms with Gasteiger partial charge in [-0.2, -0.15) is 0 Å². The highest BCUT2D eigenvalue weighted by molar-refractivity contribution is 5.51. The number of benzene rings is 1. The van der Waals surface area contributed by atoms with Gasteiger partial charge >= 0.3 is 0 Å². The summed E-state index contributed by atoms with van der Waals surface area (Å²) in [5, 5.41) is 0. The van der Waals surface area contributed by atoms with Gasteiger partial charge in [0.1, 0.15) is 6.17 Å². The number of piperidine rings is 1. The zero-order valence-corrected chi connectivity index (χ0v) is 12.2. The number of hydrogen-bond acceptors (Lipinski definition) is 2. The van der Waals surface area contributed by atoms with Gasteiger partial charge in [0.15, 0.2) is 0 Å². The lowest BCUT2D eigenvalue weighted by Gasteiger charge is -2.21. The number of likely N-dealkylation sites (tertiary alicyclic amines) is 1. The van der Waals surface area contributed by atoms with Crippen LogP contribution in [0.3, 0.4) is 0 Å². The summed E-state index contributed by atoms with van der Waals surface area (Å²) >= 11 is 0. The number of nitrogens with zero attached hydrogens (tertiary/aromatic N) is 2. The van der Waals surface area contributed by atoms with Crippen LogP contribution < -0.4 is 4.90 Å². The van der Waals surface area contributed by atoms with Crippen molar-refractivity contribution in [2.24, 2.45) is 5.92 Å². The Morgan fingerprint density at radius 3 is 2.65 bits per heavy atom. The Kier molecular flexibility index (Phi) is 2.81. The minimum atomic E-state index is -0.644. The van der Waals surface area contributed by atoms with Crippen LogP contribution in [0.1, 0.15) is 25.3 Å². The molecule has 1 aliphatic carbocycles. The van der Waals surface area contributed by atoms with Crippen molar-refractivity contribution in [1.29, 1.82) is 0 Å². The zero-order chi connectivity index (χ0) is 13.7. The van der Waals surface area contributed by atoms with Gasteiger partial charge < -0.3 is 9.80 Å². The van der Waals surface area contributed by atoms with Crippen molar-refractivity contribution in [2.75, 3.05) is 37.6 Å². The molecule has 0 bridgehead atoms. The van der Waals surface area contributed by atoms with E-state index in [2.05, 4.69) is 41.0 Å². The molecule has 3 heteroatoms. The predicted octanol–water partition coefficient (Wildman–Crippen LogP) is 2.83.